The van der Waals surface area contributed by atoms with Crippen molar-refractivity contribution < 1.29 is 33.3 Å². The Morgan fingerprint density at radius 1 is 0.769 bits per heavy atom. The largest absolute Gasteiger partial charge is 0.493 e. The molecule has 0 atom stereocenters. The first kappa shape index (κ1) is 19.1. The summed E-state index contributed by atoms with van der Waals surface area (Å²) in [6, 6.07) is 11.6. The molecule has 0 saturated heterocycles. The number of esters is 1. The number of carbonyl (C=O) groups excluding carboxylic acids is 2. The summed E-state index contributed by atoms with van der Waals surface area (Å²) in [5.74, 6) is 0.816. The van der Waals surface area contributed by atoms with Gasteiger partial charge in [0.15, 0.2) is 42.0 Å². The fraction of sp³-hybridized carbons (Fsp3) is 0.263. The maximum absolute atomic E-state index is 12.2. The molecule has 0 spiro atoms. The van der Waals surface area contributed by atoms with Crippen LogP contribution in [0.25, 0.3) is 0 Å². The second-order valence-electron chi connectivity index (χ2n) is 5.09. The van der Waals surface area contributed by atoms with E-state index in [1.54, 1.807) is 36.4 Å². The van der Waals surface area contributed by atoms with E-state index in [-0.39, 0.29) is 12.4 Å². The summed E-state index contributed by atoms with van der Waals surface area (Å²) >= 11 is 0. The van der Waals surface area contributed by atoms with Gasteiger partial charge in [0.05, 0.1) is 21.3 Å². The molecule has 138 valence electrons. The Hall–Kier alpha value is -3.22. The van der Waals surface area contributed by atoms with Crippen LogP contribution < -0.4 is 18.9 Å². The topological polar surface area (TPSA) is 80.3 Å². The molecule has 7 nitrogen and oxygen atoms in total. The summed E-state index contributed by atoms with van der Waals surface area (Å²) < 4.78 is 25.7. The van der Waals surface area contributed by atoms with Gasteiger partial charge in [0.1, 0.15) is 0 Å². The van der Waals surface area contributed by atoms with Gasteiger partial charge >= 0.3 is 5.97 Å². The van der Waals surface area contributed by atoms with Crippen molar-refractivity contribution in [2.45, 2.75) is 0 Å². The minimum absolute atomic E-state index is 0.334. The summed E-state index contributed by atoms with van der Waals surface area (Å²) in [7, 11) is 4.48. The second-order valence-corrected chi connectivity index (χ2v) is 5.09. The molecule has 0 saturated carbocycles. The molecule has 0 heterocycles. The van der Waals surface area contributed by atoms with Crippen molar-refractivity contribution in [2.24, 2.45) is 0 Å². The summed E-state index contributed by atoms with van der Waals surface area (Å²) in [6.45, 7) is -0.733. The summed E-state index contributed by atoms with van der Waals surface area (Å²) in [6.07, 6.45) is 0. The van der Waals surface area contributed by atoms with Crippen LogP contribution in [0.4, 0.5) is 0 Å². The monoisotopic (exact) mass is 360 g/mol. The molecule has 0 aromatic heterocycles. The Kier molecular flexibility index (Phi) is 6.84. The lowest BCUT2D eigenvalue weighted by atomic mass is 10.1. The van der Waals surface area contributed by atoms with Crippen LogP contribution in [0.3, 0.4) is 0 Å². The minimum Gasteiger partial charge on any atom is -0.493 e. The summed E-state index contributed by atoms with van der Waals surface area (Å²) in [5, 5.41) is 0. The fourth-order valence-electron chi connectivity index (χ4n) is 2.16. The first-order chi connectivity index (χ1) is 12.6. The highest BCUT2D eigenvalue weighted by molar-refractivity contribution is 5.98. The Labute approximate surface area is 151 Å². The minimum atomic E-state index is -0.662. The zero-order valence-corrected chi connectivity index (χ0v) is 14.8. The predicted octanol–water partition coefficient (Wildman–Crippen LogP) is 2.52. The van der Waals surface area contributed by atoms with Crippen LogP contribution in [0, 0.1) is 0 Å². The average molecular weight is 360 g/mol. The van der Waals surface area contributed by atoms with Crippen LogP contribution in [0.5, 0.6) is 23.0 Å². The lowest BCUT2D eigenvalue weighted by Gasteiger charge is -2.11. The molecule has 0 fully saturated rings. The zero-order valence-electron chi connectivity index (χ0n) is 14.8. The number of para-hydroxylation sites is 2. The zero-order chi connectivity index (χ0) is 18.9. The van der Waals surface area contributed by atoms with E-state index < -0.39 is 12.6 Å². The van der Waals surface area contributed by atoms with E-state index >= 15 is 0 Å². The molecular formula is C19H20O7. The molecule has 0 bridgehead atoms. The number of rotatable bonds is 9. The second kappa shape index (κ2) is 9.31. The van der Waals surface area contributed by atoms with Crippen molar-refractivity contribution in [1.29, 1.82) is 0 Å². The molecule has 2 aromatic rings. The van der Waals surface area contributed by atoms with Crippen molar-refractivity contribution >= 4 is 11.8 Å². The fourth-order valence-corrected chi connectivity index (χ4v) is 2.16. The van der Waals surface area contributed by atoms with Crippen LogP contribution in [0.15, 0.2) is 42.5 Å². The van der Waals surface area contributed by atoms with Gasteiger partial charge in [-0.1, -0.05) is 12.1 Å². The molecule has 0 N–H and O–H groups in total. The van der Waals surface area contributed by atoms with E-state index in [1.165, 1.54) is 27.4 Å². The van der Waals surface area contributed by atoms with Gasteiger partial charge in [-0.2, -0.15) is 0 Å². The lowest BCUT2D eigenvalue weighted by Crippen LogP contribution is -2.19. The van der Waals surface area contributed by atoms with E-state index in [1.807, 2.05) is 0 Å². The van der Waals surface area contributed by atoms with Gasteiger partial charge in [-0.05, 0) is 30.3 Å². The first-order valence-corrected chi connectivity index (χ1v) is 7.75. The number of ketones is 1. The van der Waals surface area contributed by atoms with Gasteiger partial charge in [-0.3, -0.25) is 4.79 Å². The van der Waals surface area contributed by atoms with Gasteiger partial charge in [-0.25, -0.2) is 4.79 Å². The van der Waals surface area contributed by atoms with Gasteiger partial charge in [0, 0.05) is 5.56 Å². The number of carbonyl (C=O) groups is 2. The third kappa shape index (κ3) is 4.89. The first-order valence-electron chi connectivity index (χ1n) is 7.75. The molecule has 0 aliphatic carbocycles. The van der Waals surface area contributed by atoms with Gasteiger partial charge in [0.2, 0.25) is 0 Å². The van der Waals surface area contributed by atoms with Crippen LogP contribution >= 0.6 is 0 Å². The van der Waals surface area contributed by atoms with Crippen molar-refractivity contribution in [3.8, 4) is 23.0 Å². The van der Waals surface area contributed by atoms with E-state index in [0.717, 1.165) is 0 Å². The number of ether oxygens (including phenoxy) is 5. The van der Waals surface area contributed by atoms with Crippen molar-refractivity contribution in [1.82, 2.24) is 0 Å². The molecule has 26 heavy (non-hydrogen) atoms. The van der Waals surface area contributed by atoms with Crippen LogP contribution in [0.2, 0.25) is 0 Å². The Balaban J connectivity index is 1.88. The molecule has 2 aromatic carbocycles. The SMILES string of the molecule is COc1ccc(C(=O)COC(=O)COc2ccccc2OC)cc1OC. The molecule has 0 aliphatic heterocycles. The molecule has 0 amide bonds. The highest BCUT2D eigenvalue weighted by Gasteiger charge is 2.14. The molecular weight excluding hydrogens is 340 g/mol. The maximum Gasteiger partial charge on any atom is 0.344 e. The van der Waals surface area contributed by atoms with Crippen molar-refractivity contribution in [3.63, 3.8) is 0 Å². The summed E-state index contributed by atoms with van der Waals surface area (Å²) in [5.41, 5.74) is 0.348. The smallest absolute Gasteiger partial charge is 0.344 e. The Morgan fingerprint density at radius 3 is 2.04 bits per heavy atom. The Bertz CT molecular complexity index is 770. The number of hydrogen-bond donors (Lipinski definition) is 0. The predicted molar refractivity (Wildman–Crippen MR) is 93.3 cm³/mol. The standard InChI is InChI=1S/C19H20O7/c1-22-15-6-4-5-7-17(15)25-12-19(21)26-11-14(20)13-8-9-16(23-2)18(10-13)24-3/h4-10H,11-12H2,1-3H3. The Morgan fingerprint density at radius 2 is 1.38 bits per heavy atom. The van der Waals surface area contributed by atoms with Crippen LogP contribution in [-0.4, -0.2) is 46.3 Å². The third-order valence-corrected chi connectivity index (χ3v) is 3.48. The van der Waals surface area contributed by atoms with Gasteiger partial charge in [-0.15, -0.1) is 0 Å². The van der Waals surface area contributed by atoms with E-state index in [0.29, 0.717) is 28.6 Å². The van der Waals surface area contributed by atoms with Gasteiger partial charge < -0.3 is 23.7 Å². The summed E-state index contributed by atoms with van der Waals surface area (Å²) in [4.78, 5) is 23.9. The van der Waals surface area contributed by atoms with Crippen LogP contribution in [0.1, 0.15) is 10.4 Å². The highest BCUT2D eigenvalue weighted by Crippen LogP contribution is 2.28. The van der Waals surface area contributed by atoms with E-state index in [4.69, 9.17) is 23.7 Å². The molecule has 2 rings (SSSR count). The van der Waals surface area contributed by atoms with E-state index in [2.05, 4.69) is 0 Å². The van der Waals surface area contributed by atoms with Crippen LogP contribution in [-0.2, 0) is 9.53 Å². The quantitative estimate of drug-likeness (QED) is 0.502. The highest BCUT2D eigenvalue weighted by atomic mass is 16.6. The molecule has 7 heteroatoms. The number of methoxy groups -OCH3 is 3. The van der Waals surface area contributed by atoms with Gasteiger partial charge in [0.25, 0.3) is 0 Å². The maximum atomic E-state index is 12.2. The molecule has 0 unspecified atom stereocenters. The molecule has 0 radical (unpaired) electrons. The number of Topliss-reactive ketones (excluding diaryl/α,β-unsaturated/α-hetero) is 1. The molecule has 0 aliphatic rings. The number of hydrogen-bond acceptors (Lipinski definition) is 7. The number of benzene rings is 2. The average Bonchev–Trinajstić information content (AvgIpc) is 2.69. The van der Waals surface area contributed by atoms with E-state index in [9.17, 15) is 9.59 Å². The lowest BCUT2D eigenvalue weighted by molar-refractivity contribution is -0.144. The van der Waals surface area contributed by atoms with Crippen molar-refractivity contribution in [2.75, 3.05) is 34.5 Å². The van der Waals surface area contributed by atoms with Crippen molar-refractivity contribution in [3.05, 3.63) is 48.0 Å². The third-order valence-electron chi connectivity index (χ3n) is 3.48. The normalized spacial score (nSPS) is 9.96.